The number of nitriles is 2. The third-order valence-electron chi connectivity index (χ3n) is 12.5. The van der Waals surface area contributed by atoms with E-state index in [4.69, 9.17) is 0 Å². The van der Waals surface area contributed by atoms with Gasteiger partial charge in [-0.1, -0.05) is 146 Å². The molecular formula is C58H38N4. The molecule has 62 heavy (non-hydrogen) atoms. The molecule has 11 aromatic rings. The summed E-state index contributed by atoms with van der Waals surface area (Å²) in [6.45, 7) is 4.27. The molecule has 2 heterocycles. The van der Waals surface area contributed by atoms with Crippen LogP contribution in [0.15, 0.2) is 194 Å². The molecule has 11 rings (SSSR count). The standard InChI is InChI=1S/C58H38N4/c1-37-33-41(29-31-49(37)61-51-25-13-9-21-43(51)44-22-10-14-26-52(44)61)55-47(35-59)48(36-60)56(58(40-19-7-4-8-20-40)57(55)39-17-5-3-6-18-39)42-30-32-50(38(2)34-42)62-53-27-15-11-23-45(53)46-24-12-16-28-54(46)62/h3-34H,1-2H3. The summed E-state index contributed by atoms with van der Waals surface area (Å²) in [5.41, 5.74) is 16.5. The highest BCUT2D eigenvalue weighted by atomic mass is 15.0. The largest absolute Gasteiger partial charge is 0.309 e. The summed E-state index contributed by atoms with van der Waals surface area (Å²) in [7, 11) is 0. The van der Waals surface area contributed by atoms with Gasteiger partial charge in [-0.15, -0.1) is 0 Å². The summed E-state index contributed by atoms with van der Waals surface area (Å²) in [6.07, 6.45) is 0. The fraction of sp³-hybridized carbons (Fsp3) is 0.0345. The van der Waals surface area contributed by atoms with Gasteiger partial charge in [0.05, 0.1) is 33.2 Å². The van der Waals surface area contributed by atoms with Crippen molar-refractivity contribution in [3.05, 3.63) is 216 Å². The Bertz CT molecular complexity index is 3320. The van der Waals surface area contributed by atoms with Crippen LogP contribution >= 0.6 is 0 Å². The first-order chi connectivity index (χ1) is 30.6. The summed E-state index contributed by atoms with van der Waals surface area (Å²) in [6, 6.07) is 72.8. The van der Waals surface area contributed by atoms with Gasteiger partial charge < -0.3 is 9.13 Å². The Balaban J connectivity index is 1.19. The summed E-state index contributed by atoms with van der Waals surface area (Å²) < 4.78 is 4.66. The van der Waals surface area contributed by atoms with E-state index in [1.165, 1.54) is 21.5 Å². The molecule has 0 aliphatic rings. The average Bonchev–Trinajstić information content (AvgIpc) is 3.84. The van der Waals surface area contributed by atoms with E-state index in [0.29, 0.717) is 11.1 Å². The predicted molar refractivity (Wildman–Crippen MR) is 256 cm³/mol. The highest BCUT2D eigenvalue weighted by Crippen LogP contribution is 2.50. The Hall–Kier alpha value is -8.44. The Labute approximate surface area is 360 Å². The average molecular weight is 791 g/mol. The van der Waals surface area contributed by atoms with Crippen LogP contribution in [-0.2, 0) is 0 Å². The van der Waals surface area contributed by atoms with Crippen molar-refractivity contribution in [2.24, 2.45) is 0 Å². The highest BCUT2D eigenvalue weighted by Gasteiger charge is 2.29. The molecule has 2 aromatic heterocycles. The van der Waals surface area contributed by atoms with Gasteiger partial charge in [0.25, 0.3) is 0 Å². The van der Waals surface area contributed by atoms with E-state index in [1.54, 1.807) is 0 Å². The zero-order chi connectivity index (χ0) is 41.9. The molecule has 290 valence electrons. The Morgan fingerprint density at radius 3 is 0.935 bits per heavy atom. The summed E-state index contributed by atoms with van der Waals surface area (Å²) in [4.78, 5) is 0. The molecule has 0 bridgehead atoms. The lowest BCUT2D eigenvalue weighted by Crippen LogP contribution is -2.04. The van der Waals surface area contributed by atoms with E-state index in [9.17, 15) is 10.5 Å². The van der Waals surface area contributed by atoms with Crippen molar-refractivity contribution in [1.29, 1.82) is 10.5 Å². The maximum Gasteiger partial charge on any atom is 0.101 e. The van der Waals surface area contributed by atoms with Crippen LogP contribution in [0.4, 0.5) is 0 Å². The minimum absolute atomic E-state index is 0.356. The molecule has 0 radical (unpaired) electrons. The smallest absolute Gasteiger partial charge is 0.101 e. The second-order valence-corrected chi connectivity index (χ2v) is 15.9. The van der Waals surface area contributed by atoms with Crippen LogP contribution in [0, 0.1) is 36.5 Å². The van der Waals surface area contributed by atoms with Crippen LogP contribution in [0.25, 0.3) is 99.5 Å². The molecule has 0 saturated carbocycles. The Morgan fingerprint density at radius 1 is 0.323 bits per heavy atom. The van der Waals surface area contributed by atoms with Crippen LogP contribution in [0.2, 0.25) is 0 Å². The third kappa shape index (κ3) is 5.59. The van der Waals surface area contributed by atoms with Gasteiger partial charge in [-0.2, -0.15) is 10.5 Å². The molecule has 0 spiro atoms. The van der Waals surface area contributed by atoms with Crippen molar-refractivity contribution in [1.82, 2.24) is 9.13 Å². The van der Waals surface area contributed by atoms with E-state index in [1.807, 2.05) is 36.4 Å². The van der Waals surface area contributed by atoms with Gasteiger partial charge in [-0.25, -0.2) is 0 Å². The number of rotatable bonds is 6. The van der Waals surface area contributed by atoms with Gasteiger partial charge in [-0.3, -0.25) is 0 Å². The number of benzene rings is 9. The zero-order valence-electron chi connectivity index (χ0n) is 34.3. The summed E-state index contributed by atoms with van der Waals surface area (Å²) in [5.74, 6) is 0. The van der Waals surface area contributed by atoms with Crippen molar-refractivity contribution in [2.75, 3.05) is 0 Å². The SMILES string of the molecule is Cc1cc(-c2c(C#N)c(C#N)c(-c3ccc(-n4c5ccccc5c5ccccc54)c(C)c3)c(-c3ccccc3)c2-c2ccccc2)ccc1-n1c2ccccc2c2ccccc21. The van der Waals surface area contributed by atoms with Crippen molar-refractivity contribution in [3.63, 3.8) is 0 Å². The molecule has 0 unspecified atom stereocenters. The molecule has 0 amide bonds. The fourth-order valence-electron chi connectivity index (χ4n) is 9.83. The Morgan fingerprint density at radius 2 is 0.629 bits per heavy atom. The lowest BCUT2D eigenvalue weighted by Gasteiger charge is -2.24. The lowest BCUT2D eigenvalue weighted by atomic mass is 9.77. The van der Waals surface area contributed by atoms with Gasteiger partial charge in [0.2, 0.25) is 0 Å². The molecule has 0 aliphatic heterocycles. The summed E-state index contributed by atoms with van der Waals surface area (Å²) in [5, 5.41) is 27.4. The van der Waals surface area contributed by atoms with Gasteiger partial charge in [-0.05, 0) is 107 Å². The molecule has 0 fully saturated rings. The van der Waals surface area contributed by atoms with Crippen molar-refractivity contribution in [2.45, 2.75) is 13.8 Å². The summed E-state index contributed by atoms with van der Waals surface area (Å²) >= 11 is 0. The molecular weight excluding hydrogens is 753 g/mol. The van der Waals surface area contributed by atoms with Crippen LogP contribution in [0.3, 0.4) is 0 Å². The monoisotopic (exact) mass is 790 g/mol. The van der Waals surface area contributed by atoms with Crippen molar-refractivity contribution >= 4 is 43.6 Å². The fourth-order valence-corrected chi connectivity index (χ4v) is 9.83. The van der Waals surface area contributed by atoms with E-state index >= 15 is 0 Å². The van der Waals surface area contributed by atoms with E-state index in [2.05, 4.69) is 193 Å². The zero-order valence-corrected chi connectivity index (χ0v) is 34.3. The maximum atomic E-state index is 11.3. The molecule has 9 aromatic carbocycles. The molecule has 0 aliphatic carbocycles. The molecule has 0 saturated heterocycles. The van der Waals surface area contributed by atoms with Crippen LogP contribution in [0.1, 0.15) is 22.3 Å². The van der Waals surface area contributed by atoms with Crippen LogP contribution < -0.4 is 0 Å². The Kier molecular flexibility index (Phi) is 8.67. The second kappa shape index (κ2) is 14.7. The topological polar surface area (TPSA) is 57.4 Å². The quantitative estimate of drug-likeness (QED) is 0.168. The third-order valence-corrected chi connectivity index (χ3v) is 12.5. The highest BCUT2D eigenvalue weighted by molar-refractivity contribution is 6.11. The normalized spacial score (nSPS) is 11.4. The van der Waals surface area contributed by atoms with E-state index < -0.39 is 0 Å². The number of fused-ring (bicyclic) bond motifs is 6. The molecule has 0 atom stereocenters. The van der Waals surface area contributed by atoms with Crippen LogP contribution in [-0.4, -0.2) is 9.13 Å². The minimum atomic E-state index is 0.356. The van der Waals surface area contributed by atoms with Gasteiger partial charge >= 0.3 is 0 Å². The number of para-hydroxylation sites is 4. The van der Waals surface area contributed by atoms with Crippen molar-refractivity contribution in [3.8, 4) is 68.0 Å². The minimum Gasteiger partial charge on any atom is -0.309 e. The number of hydrogen-bond acceptors (Lipinski definition) is 2. The lowest BCUT2D eigenvalue weighted by molar-refractivity contribution is 1.15. The molecule has 4 nitrogen and oxygen atoms in total. The number of nitrogens with zero attached hydrogens (tertiary/aromatic N) is 4. The second-order valence-electron chi connectivity index (χ2n) is 15.9. The first-order valence-corrected chi connectivity index (χ1v) is 20.9. The molecule has 4 heteroatoms. The van der Waals surface area contributed by atoms with Gasteiger partial charge in [0.1, 0.15) is 12.1 Å². The van der Waals surface area contributed by atoms with Gasteiger partial charge in [0.15, 0.2) is 0 Å². The first-order valence-electron chi connectivity index (χ1n) is 20.9. The number of aromatic nitrogens is 2. The van der Waals surface area contributed by atoms with Gasteiger partial charge in [0, 0.05) is 44.0 Å². The first kappa shape index (κ1) is 36.6. The maximum absolute atomic E-state index is 11.3. The van der Waals surface area contributed by atoms with E-state index in [-0.39, 0.29) is 0 Å². The predicted octanol–water partition coefficient (Wildman–Crippen LogP) is 14.9. The molecule has 0 N–H and O–H groups in total. The number of hydrogen-bond donors (Lipinski definition) is 0. The van der Waals surface area contributed by atoms with Crippen LogP contribution in [0.5, 0.6) is 0 Å². The van der Waals surface area contributed by atoms with E-state index in [0.717, 1.165) is 89.1 Å². The number of aryl methyl sites for hydroxylation is 2. The van der Waals surface area contributed by atoms with Crippen molar-refractivity contribution < 1.29 is 0 Å².